The van der Waals surface area contributed by atoms with Crippen molar-refractivity contribution in [1.29, 1.82) is 0 Å². The van der Waals surface area contributed by atoms with E-state index in [-0.39, 0.29) is 12.5 Å². The number of halogens is 1. The predicted octanol–water partition coefficient (Wildman–Crippen LogP) is 1.21. The van der Waals surface area contributed by atoms with Gasteiger partial charge in [-0.2, -0.15) is 14.7 Å². The lowest BCUT2D eigenvalue weighted by molar-refractivity contribution is -0.117. The molecular formula is C14H14BrN7O2. The number of hydrogen-bond acceptors (Lipinski definition) is 6. The molecule has 0 radical (unpaired) electrons. The van der Waals surface area contributed by atoms with Gasteiger partial charge in [0.05, 0.1) is 11.2 Å². The molecule has 0 bridgehead atoms. The van der Waals surface area contributed by atoms with Crippen molar-refractivity contribution in [3.05, 3.63) is 45.4 Å². The summed E-state index contributed by atoms with van der Waals surface area (Å²) in [4.78, 5) is 32.3. The number of nitrogens with one attached hydrogen (secondary N) is 1. The van der Waals surface area contributed by atoms with Crippen LogP contribution in [0.3, 0.4) is 0 Å². The maximum atomic E-state index is 12.5. The number of anilines is 1. The molecule has 9 nitrogen and oxygen atoms in total. The van der Waals surface area contributed by atoms with E-state index in [9.17, 15) is 9.59 Å². The Morgan fingerprint density at radius 1 is 1.38 bits per heavy atom. The molecule has 0 saturated heterocycles. The van der Waals surface area contributed by atoms with Crippen LogP contribution in [0.2, 0.25) is 0 Å². The van der Waals surface area contributed by atoms with Gasteiger partial charge in [0.2, 0.25) is 5.91 Å². The fraction of sp³-hybridized carbons (Fsp3) is 0.286. The van der Waals surface area contributed by atoms with Gasteiger partial charge in [0.15, 0.2) is 0 Å². The molecule has 0 unspecified atom stereocenters. The second-order valence-corrected chi connectivity index (χ2v) is 6.20. The predicted molar refractivity (Wildman–Crippen MR) is 89.7 cm³/mol. The third-order valence-electron chi connectivity index (χ3n) is 3.26. The van der Waals surface area contributed by atoms with Gasteiger partial charge in [-0.1, -0.05) is 13.8 Å². The molecule has 0 aliphatic rings. The molecule has 0 fully saturated rings. The van der Waals surface area contributed by atoms with E-state index >= 15 is 0 Å². The lowest BCUT2D eigenvalue weighted by Gasteiger charge is -2.11. The van der Waals surface area contributed by atoms with E-state index in [1.807, 2.05) is 13.8 Å². The van der Waals surface area contributed by atoms with Crippen LogP contribution in [-0.4, -0.2) is 35.3 Å². The Morgan fingerprint density at radius 2 is 2.17 bits per heavy atom. The normalized spacial score (nSPS) is 11.2. The highest BCUT2D eigenvalue weighted by Crippen LogP contribution is 2.19. The van der Waals surface area contributed by atoms with Gasteiger partial charge in [0.1, 0.15) is 23.3 Å². The number of hydrogen-bond donors (Lipinski definition) is 1. The summed E-state index contributed by atoms with van der Waals surface area (Å²) >= 11 is 3.26. The van der Waals surface area contributed by atoms with Crippen molar-refractivity contribution in [2.24, 2.45) is 0 Å². The quantitative estimate of drug-likeness (QED) is 0.715. The Bertz CT molecular complexity index is 949. The number of aromatic nitrogens is 6. The minimum atomic E-state index is -0.488. The second kappa shape index (κ2) is 6.48. The molecule has 10 heteroatoms. The highest BCUT2D eigenvalue weighted by molar-refractivity contribution is 9.10. The molecule has 0 aromatic carbocycles. The number of carbonyl (C=O) groups is 1. The van der Waals surface area contributed by atoms with Crippen LogP contribution in [0.5, 0.6) is 0 Å². The van der Waals surface area contributed by atoms with Crippen LogP contribution < -0.4 is 11.0 Å². The fourth-order valence-corrected chi connectivity index (χ4v) is 2.59. The van der Waals surface area contributed by atoms with Gasteiger partial charge >= 0.3 is 5.69 Å². The Balaban J connectivity index is 1.96. The monoisotopic (exact) mass is 391 g/mol. The minimum absolute atomic E-state index is 0.0628. The first-order chi connectivity index (χ1) is 11.5. The van der Waals surface area contributed by atoms with E-state index < -0.39 is 11.6 Å². The summed E-state index contributed by atoms with van der Waals surface area (Å²) in [5.74, 6) is 0.00602. The Kier molecular flexibility index (Phi) is 4.38. The molecule has 24 heavy (non-hydrogen) atoms. The van der Waals surface area contributed by atoms with Gasteiger partial charge in [-0.15, -0.1) is 0 Å². The van der Waals surface area contributed by atoms with Crippen molar-refractivity contribution in [2.45, 2.75) is 26.3 Å². The third-order valence-corrected chi connectivity index (χ3v) is 3.65. The Labute approximate surface area is 144 Å². The third kappa shape index (κ3) is 3.18. The Morgan fingerprint density at radius 3 is 2.83 bits per heavy atom. The second-order valence-electron chi connectivity index (χ2n) is 5.39. The highest BCUT2D eigenvalue weighted by Gasteiger charge is 2.17. The van der Waals surface area contributed by atoms with E-state index in [1.54, 1.807) is 12.1 Å². The van der Waals surface area contributed by atoms with E-state index in [4.69, 9.17) is 0 Å². The van der Waals surface area contributed by atoms with Crippen molar-refractivity contribution in [2.75, 3.05) is 5.32 Å². The molecule has 3 rings (SSSR count). The zero-order valence-electron chi connectivity index (χ0n) is 13.0. The van der Waals surface area contributed by atoms with Gasteiger partial charge in [-0.25, -0.2) is 19.4 Å². The summed E-state index contributed by atoms with van der Waals surface area (Å²) in [5, 5.41) is 11.0. The topological polar surface area (TPSA) is 107 Å². The first-order valence-electron chi connectivity index (χ1n) is 7.18. The smallest absolute Gasteiger partial charge is 0.309 e. The van der Waals surface area contributed by atoms with E-state index in [2.05, 4.69) is 41.4 Å². The summed E-state index contributed by atoms with van der Waals surface area (Å²) < 4.78 is 2.87. The lowest BCUT2D eigenvalue weighted by atomic mass is 10.1. The van der Waals surface area contributed by atoms with Crippen LogP contribution in [-0.2, 0) is 11.3 Å². The number of rotatable bonds is 4. The van der Waals surface area contributed by atoms with Crippen LogP contribution in [0.1, 0.15) is 25.5 Å². The van der Waals surface area contributed by atoms with E-state index in [0.717, 1.165) is 4.68 Å². The first-order valence-corrected chi connectivity index (χ1v) is 7.97. The standard InChI is InChI=1S/C14H14BrN7O2/c1-8(2)13-9-5-10(15)19-22(9)14(24)21(20-13)6-12(23)18-11-3-4-16-7-17-11/h3-5,7-8H,6H2,1-2H3,(H,16,17,18,23). The van der Waals surface area contributed by atoms with Crippen molar-refractivity contribution >= 4 is 33.2 Å². The zero-order valence-corrected chi connectivity index (χ0v) is 14.6. The van der Waals surface area contributed by atoms with Gasteiger partial charge < -0.3 is 5.32 Å². The zero-order chi connectivity index (χ0) is 17.3. The summed E-state index contributed by atoms with van der Waals surface area (Å²) in [6.45, 7) is 3.67. The molecule has 0 atom stereocenters. The van der Waals surface area contributed by atoms with Gasteiger partial charge in [-0.3, -0.25) is 4.79 Å². The number of carbonyl (C=O) groups excluding carboxylic acids is 1. The summed E-state index contributed by atoms with van der Waals surface area (Å²) in [6.07, 6.45) is 2.83. The van der Waals surface area contributed by atoms with Crippen LogP contribution in [0, 0.1) is 0 Å². The summed E-state index contributed by atoms with van der Waals surface area (Å²) in [6, 6.07) is 3.29. The number of fused-ring (bicyclic) bond motifs is 1. The first kappa shape index (κ1) is 16.2. The molecule has 124 valence electrons. The SMILES string of the molecule is CC(C)c1nn(CC(=O)Nc2ccncn2)c(=O)n2nc(Br)cc12. The molecule has 1 amide bonds. The van der Waals surface area contributed by atoms with Gasteiger partial charge in [-0.05, 0) is 27.9 Å². The van der Waals surface area contributed by atoms with Crippen LogP contribution in [0.25, 0.3) is 5.52 Å². The van der Waals surface area contributed by atoms with Crippen LogP contribution in [0.4, 0.5) is 5.82 Å². The number of amides is 1. The maximum Gasteiger partial charge on any atom is 0.366 e. The van der Waals surface area contributed by atoms with Crippen molar-refractivity contribution in [1.82, 2.24) is 29.4 Å². The van der Waals surface area contributed by atoms with Gasteiger partial charge in [0.25, 0.3) is 0 Å². The molecule has 3 heterocycles. The molecule has 0 spiro atoms. The molecule has 0 aliphatic heterocycles. The van der Waals surface area contributed by atoms with Crippen LogP contribution >= 0.6 is 15.9 Å². The summed E-state index contributed by atoms with van der Waals surface area (Å²) in [5.41, 5.74) is 0.815. The van der Waals surface area contributed by atoms with Crippen molar-refractivity contribution in [3.8, 4) is 0 Å². The minimum Gasteiger partial charge on any atom is -0.309 e. The average Bonchev–Trinajstić information content (AvgIpc) is 2.92. The average molecular weight is 392 g/mol. The van der Waals surface area contributed by atoms with Crippen LogP contribution in [0.15, 0.2) is 34.1 Å². The highest BCUT2D eigenvalue weighted by atomic mass is 79.9. The Hall–Kier alpha value is -2.62. The van der Waals surface area contributed by atoms with Crippen molar-refractivity contribution < 1.29 is 4.79 Å². The largest absolute Gasteiger partial charge is 0.366 e. The van der Waals surface area contributed by atoms with E-state index in [1.165, 1.54) is 17.0 Å². The summed E-state index contributed by atoms with van der Waals surface area (Å²) in [7, 11) is 0. The van der Waals surface area contributed by atoms with E-state index in [0.29, 0.717) is 21.6 Å². The molecule has 0 saturated carbocycles. The lowest BCUT2D eigenvalue weighted by Crippen LogP contribution is -2.35. The molecule has 3 aromatic rings. The number of nitrogens with zero attached hydrogens (tertiary/aromatic N) is 6. The van der Waals surface area contributed by atoms with Crippen molar-refractivity contribution in [3.63, 3.8) is 0 Å². The molecule has 3 aromatic heterocycles. The maximum absolute atomic E-state index is 12.5. The van der Waals surface area contributed by atoms with Gasteiger partial charge in [0, 0.05) is 12.3 Å². The fourth-order valence-electron chi connectivity index (χ4n) is 2.21. The molecule has 0 aliphatic carbocycles. The molecule has 1 N–H and O–H groups in total. The molecular weight excluding hydrogens is 378 g/mol.